The molecule has 2 heterocycles. The Kier molecular flexibility index (Phi) is 5.78. The first-order chi connectivity index (χ1) is 12.6. The van der Waals surface area contributed by atoms with Gasteiger partial charge in [0.2, 0.25) is 11.8 Å². The molecule has 7 heteroatoms. The lowest BCUT2D eigenvalue weighted by Gasteiger charge is -2.18. The van der Waals surface area contributed by atoms with Crippen LogP contribution in [-0.2, 0) is 16.0 Å². The van der Waals surface area contributed by atoms with Gasteiger partial charge in [0.1, 0.15) is 0 Å². The Hall–Kier alpha value is -2.54. The number of amides is 2. The highest BCUT2D eigenvalue weighted by atomic mass is 32.1. The van der Waals surface area contributed by atoms with Gasteiger partial charge >= 0.3 is 0 Å². The molecule has 0 radical (unpaired) electrons. The molecule has 1 saturated heterocycles. The van der Waals surface area contributed by atoms with E-state index in [1.807, 2.05) is 11.4 Å². The Morgan fingerprint density at radius 2 is 2.08 bits per heavy atom. The molecule has 3 rings (SSSR count). The summed E-state index contributed by atoms with van der Waals surface area (Å²) in [6.45, 7) is 0.958. The molecule has 0 spiro atoms. The molecule has 26 heavy (non-hydrogen) atoms. The van der Waals surface area contributed by atoms with Crippen LogP contribution < -0.4 is 19.7 Å². The highest BCUT2D eigenvalue weighted by Gasteiger charge is 2.35. The Labute approximate surface area is 156 Å². The van der Waals surface area contributed by atoms with Crippen LogP contribution in [0.1, 0.15) is 11.3 Å². The zero-order valence-corrected chi connectivity index (χ0v) is 15.7. The molecule has 0 bridgehead atoms. The maximum atomic E-state index is 12.4. The van der Waals surface area contributed by atoms with Crippen LogP contribution in [-0.4, -0.2) is 39.1 Å². The molecule has 138 valence electrons. The highest BCUT2D eigenvalue weighted by molar-refractivity contribution is 7.09. The largest absolute Gasteiger partial charge is 0.493 e. The Morgan fingerprint density at radius 3 is 2.77 bits per heavy atom. The summed E-state index contributed by atoms with van der Waals surface area (Å²) in [7, 11) is 3.12. The van der Waals surface area contributed by atoms with Crippen LogP contribution in [0.3, 0.4) is 0 Å². The minimum atomic E-state index is -0.334. The number of hydrogen-bond acceptors (Lipinski definition) is 5. The van der Waals surface area contributed by atoms with E-state index in [4.69, 9.17) is 9.47 Å². The lowest BCUT2D eigenvalue weighted by atomic mass is 10.1. The summed E-state index contributed by atoms with van der Waals surface area (Å²) in [6.07, 6.45) is 1.03. The van der Waals surface area contributed by atoms with Gasteiger partial charge in [-0.3, -0.25) is 9.59 Å². The quantitative estimate of drug-likeness (QED) is 0.808. The van der Waals surface area contributed by atoms with E-state index in [0.29, 0.717) is 30.3 Å². The van der Waals surface area contributed by atoms with Crippen molar-refractivity contribution in [1.82, 2.24) is 5.32 Å². The number of thiophene rings is 1. The van der Waals surface area contributed by atoms with E-state index in [1.165, 1.54) is 4.88 Å². The van der Waals surface area contributed by atoms with Crippen LogP contribution in [0.2, 0.25) is 0 Å². The molecule has 1 aliphatic rings. The summed E-state index contributed by atoms with van der Waals surface area (Å²) in [5.41, 5.74) is 0.710. The second-order valence-electron chi connectivity index (χ2n) is 6.07. The van der Waals surface area contributed by atoms with Gasteiger partial charge in [-0.2, -0.15) is 0 Å². The monoisotopic (exact) mass is 374 g/mol. The number of nitrogens with zero attached hydrogens (tertiary/aromatic N) is 1. The van der Waals surface area contributed by atoms with Crippen LogP contribution in [0, 0.1) is 5.92 Å². The fourth-order valence-corrected chi connectivity index (χ4v) is 3.74. The maximum absolute atomic E-state index is 12.4. The van der Waals surface area contributed by atoms with Crippen LogP contribution in [0.15, 0.2) is 35.7 Å². The van der Waals surface area contributed by atoms with Crippen molar-refractivity contribution < 1.29 is 19.1 Å². The average Bonchev–Trinajstić information content (AvgIpc) is 3.30. The highest BCUT2D eigenvalue weighted by Crippen LogP contribution is 2.34. The number of carbonyl (C=O) groups is 2. The molecule has 1 atom stereocenters. The molecule has 1 aromatic heterocycles. The van der Waals surface area contributed by atoms with Crippen molar-refractivity contribution >= 4 is 28.8 Å². The van der Waals surface area contributed by atoms with Crippen LogP contribution in [0.25, 0.3) is 0 Å². The van der Waals surface area contributed by atoms with E-state index in [0.717, 1.165) is 6.42 Å². The van der Waals surface area contributed by atoms with Crippen molar-refractivity contribution in [3.8, 4) is 11.5 Å². The van der Waals surface area contributed by atoms with E-state index in [1.54, 1.807) is 48.7 Å². The first-order valence-electron chi connectivity index (χ1n) is 8.45. The zero-order chi connectivity index (χ0) is 18.5. The van der Waals surface area contributed by atoms with Gasteiger partial charge in [0, 0.05) is 36.1 Å². The van der Waals surface area contributed by atoms with Crippen molar-refractivity contribution in [1.29, 1.82) is 0 Å². The first kappa shape index (κ1) is 18.3. The first-order valence-corrected chi connectivity index (χ1v) is 9.33. The lowest BCUT2D eigenvalue weighted by Crippen LogP contribution is -2.34. The van der Waals surface area contributed by atoms with Gasteiger partial charge in [0.25, 0.3) is 0 Å². The lowest BCUT2D eigenvalue weighted by molar-refractivity contribution is -0.126. The van der Waals surface area contributed by atoms with E-state index >= 15 is 0 Å². The molecule has 0 aliphatic carbocycles. The number of ether oxygens (including phenoxy) is 2. The Bertz CT molecular complexity index is 776. The molecule has 1 aromatic carbocycles. The second kappa shape index (κ2) is 8.23. The third-order valence-electron chi connectivity index (χ3n) is 4.43. The molecule has 1 aliphatic heterocycles. The summed E-state index contributed by atoms with van der Waals surface area (Å²) in [5, 5.41) is 4.96. The second-order valence-corrected chi connectivity index (χ2v) is 7.10. The predicted molar refractivity (Wildman–Crippen MR) is 101 cm³/mol. The maximum Gasteiger partial charge on any atom is 0.227 e. The summed E-state index contributed by atoms with van der Waals surface area (Å²) < 4.78 is 10.5. The molecule has 2 aromatic rings. The van der Waals surface area contributed by atoms with Gasteiger partial charge in [-0.05, 0) is 30.0 Å². The molecular formula is C19H22N2O4S. The van der Waals surface area contributed by atoms with Gasteiger partial charge in [-0.15, -0.1) is 11.3 Å². The topological polar surface area (TPSA) is 67.9 Å². The summed E-state index contributed by atoms with van der Waals surface area (Å²) >= 11 is 1.68. The number of benzene rings is 1. The van der Waals surface area contributed by atoms with Gasteiger partial charge in [0.15, 0.2) is 11.5 Å². The van der Waals surface area contributed by atoms with Crippen molar-refractivity contribution in [3.05, 3.63) is 40.6 Å². The molecule has 0 saturated carbocycles. The van der Waals surface area contributed by atoms with E-state index in [-0.39, 0.29) is 24.2 Å². The zero-order valence-electron chi connectivity index (χ0n) is 14.9. The number of rotatable bonds is 7. The van der Waals surface area contributed by atoms with Crippen LogP contribution >= 0.6 is 11.3 Å². The SMILES string of the molecule is COc1ccc(N2C[C@@H](C(=O)NCCc3cccs3)CC2=O)cc1OC. The molecule has 1 fully saturated rings. The molecule has 0 unspecified atom stereocenters. The third-order valence-corrected chi connectivity index (χ3v) is 5.36. The molecule has 1 N–H and O–H groups in total. The third kappa shape index (κ3) is 3.99. The summed E-state index contributed by atoms with van der Waals surface area (Å²) in [4.78, 5) is 27.6. The minimum Gasteiger partial charge on any atom is -0.493 e. The van der Waals surface area contributed by atoms with E-state index in [2.05, 4.69) is 11.4 Å². The number of methoxy groups -OCH3 is 2. The Morgan fingerprint density at radius 1 is 1.27 bits per heavy atom. The van der Waals surface area contributed by atoms with Crippen molar-refractivity contribution in [2.75, 3.05) is 32.2 Å². The fraction of sp³-hybridized carbons (Fsp3) is 0.368. The number of hydrogen-bond donors (Lipinski definition) is 1. The average molecular weight is 374 g/mol. The van der Waals surface area contributed by atoms with Crippen molar-refractivity contribution in [2.24, 2.45) is 5.92 Å². The number of carbonyl (C=O) groups excluding carboxylic acids is 2. The molecule has 6 nitrogen and oxygen atoms in total. The predicted octanol–water partition coefficient (Wildman–Crippen LogP) is 2.48. The minimum absolute atomic E-state index is 0.0596. The smallest absolute Gasteiger partial charge is 0.227 e. The normalized spacial score (nSPS) is 16.6. The van der Waals surface area contributed by atoms with Crippen molar-refractivity contribution in [3.63, 3.8) is 0 Å². The van der Waals surface area contributed by atoms with Gasteiger partial charge < -0.3 is 19.7 Å². The molecule has 2 amide bonds. The van der Waals surface area contributed by atoms with Crippen molar-refractivity contribution in [2.45, 2.75) is 12.8 Å². The van der Waals surface area contributed by atoms with Crippen LogP contribution in [0.5, 0.6) is 11.5 Å². The van der Waals surface area contributed by atoms with E-state index < -0.39 is 0 Å². The Balaban J connectivity index is 1.60. The summed E-state index contributed by atoms with van der Waals surface area (Å²) in [6, 6.07) is 9.37. The summed E-state index contributed by atoms with van der Waals surface area (Å²) in [5.74, 6) is 0.694. The fourth-order valence-electron chi connectivity index (χ4n) is 3.03. The molecular weight excluding hydrogens is 352 g/mol. The van der Waals surface area contributed by atoms with Gasteiger partial charge in [-0.1, -0.05) is 6.07 Å². The number of nitrogens with one attached hydrogen (secondary N) is 1. The van der Waals surface area contributed by atoms with E-state index in [9.17, 15) is 9.59 Å². The van der Waals surface area contributed by atoms with Gasteiger partial charge in [-0.25, -0.2) is 0 Å². The van der Waals surface area contributed by atoms with Crippen LogP contribution in [0.4, 0.5) is 5.69 Å². The number of anilines is 1. The standard InChI is InChI=1S/C19H22N2O4S/c1-24-16-6-5-14(11-17(16)25-2)21-12-13(10-18(21)22)19(23)20-8-7-15-4-3-9-26-15/h3-6,9,11,13H,7-8,10,12H2,1-2H3,(H,20,23)/t13-/m0/s1. The van der Waals surface area contributed by atoms with Gasteiger partial charge in [0.05, 0.1) is 20.1 Å².